The number of benzene rings is 2. The molecule has 6 nitrogen and oxygen atoms in total. The van der Waals surface area contributed by atoms with Crippen LogP contribution in [0.2, 0.25) is 0 Å². The number of hydrogen-bond donors (Lipinski definition) is 1. The lowest BCUT2D eigenvalue weighted by atomic mass is 10.1. The first kappa shape index (κ1) is 19.8. The summed E-state index contributed by atoms with van der Waals surface area (Å²) in [6.45, 7) is 1.85. The summed E-state index contributed by atoms with van der Waals surface area (Å²) in [5, 5.41) is 2.91. The van der Waals surface area contributed by atoms with Crippen LogP contribution in [0, 0.1) is 0 Å². The van der Waals surface area contributed by atoms with Crippen LogP contribution in [0.1, 0.15) is 24.1 Å². The number of carbonyl (C=O) groups excluding carboxylic acids is 1. The van der Waals surface area contributed by atoms with Crippen LogP contribution in [0.25, 0.3) is 0 Å². The number of carbonyl (C=O) groups is 1. The van der Waals surface area contributed by atoms with Crippen LogP contribution in [-0.2, 0) is 21.1 Å². The fourth-order valence-corrected chi connectivity index (χ4v) is 3.18. The third-order valence-corrected chi connectivity index (χ3v) is 5.16. The van der Waals surface area contributed by atoms with Crippen molar-refractivity contribution in [3.05, 3.63) is 53.6 Å². The Hall–Kier alpha value is -2.54. The van der Waals surface area contributed by atoms with E-state index in [-0.39, 0.29) is 23.3 Å². The van der Waals surface area contributed by atoms with Crippen LogP contribution in [0.5, 0.6) is 11.5 Å². The van der Waals surface area contributed by atoms with E-state index >= 15 is 0 Å². The van der Waals surface area contributed by atoms with Crippen LogP contribution in [-0.4, -0.2) is 34.8 Å². The number of hydrogen-bond acceptors (Lipinski definition) is 5. The van der Waals surface area contributed by atoms with Gasteiger partial charge in [-0.1, -0.05) is 18.2 Å². The lowest BCUT2D eigenvalue weighted by Gasteiger charge is -2.16. The van der Waals surface area contributed by atoms with E-state index in [9.17, 15) is 13.2 Å². The number of rotatable bonds is 7. The molecule has 1 amide bonds. The zero-order valence-electron chi connectivity index (χ0n) is 15.3. The molecule has 0 saturated carbocycles. The molecule has 1 atom stereocenters. The predicted molar refractivity (Wildman–Crippen MR) is 99.4 cm³/mol. The van der Waals surface area contributed by atoms with E-state index in [1.54, 1.807) is 56.7 Å². The Bertz CT molecular complexity index is 875. The molecule has 0 aliphatic rings. The predicted octanol–water partition coefficient (Wildman–Crippen LogP) is 2.53. The molecule has 0 aliphatic carbocycles. The maximum absolute atomic E-state index is 12.4. The van der Waals surface area contributed by atoms with Gasteiger partial charge >= 0.3 is 0 Å². The molecule has 0 unspecified atom stereocenters. The third-order valence-electron chi connectivity index (χ3n) is 4.03. The summed E-state index contributed by atoms with van der Waals surface area (Å²) in [6.07, 6.45) is 1.33. The van der Waals surface area contributed by atoms with Crippen molar-refractivity contribution >= 4 is 15.7 Å². The van der Waals surface area contributed by atoms with Gasteiger partial charge in [0.05, 0.1) is 31.6 Å². The quantitative estimate of drug-likeness (QED) is 0.802. The van der Waals surface area contributed by atoms with E-state index in [1.807, 2.05) is 6.92 Å². The lowest BCUT2D eigenvalue weighted by molar-refractivity contribution is -0.121. The van der Waals surface area contributed by atoms with Gasteiger partial charge in [-0.3, -0.25) is 4.79 Å². The summed E-state index contributed by atoms with van der Waals surface area (Å²) in [6, 6.07) is 11.5. The number of ether oxygens (including phenoxy) is 2. The number of nitrogens with one attached hydrogen (secondary N) is 1. The average molecular weight is 377 g/mol. The van der Waals surface area contributed by atoms with Gasteiger partial charge in [0, 0.05) is 17.9 Å². The highest BCUT2D eigenvalue weighted by Gasteiger charge is 2.14. The van der Waals surface area contributed by atoms with Crippen LogP contribution in [0.4, 0.5) is 0 Å². The maximum Gasteiger partial charge on any atom is 0.225 e. The molecule has 0 fully saturated rings. The van der Waals surface area contributed by atoms with Gasteiger partial charge in [-0.15, -0.1) is 0 Å². The topological polar surface area (TPSA) is 81.7 Å². The van der Waals surface area contributed by atoms with Crippen molar-refractivity contribution in [3.63, 3.8) is 0 Å². The summed E-state index contributed by atoms with van der Waals surface area (Å²) < 4.78 is 33.5. The summed E-state index contributed by atoms with van der Waals surface area (Å²) in [4.78, 5) is 12.6. The number of methoxy groups -OCH3 is 2. The first-order valence-electron chi connectivity index (χ1n) is 8.05. The molecule has 7 heteroatoms. The van der Waals surface area contributed by atoms with E-state index in [0.717, 1.165) is 17.4 Å². The van der Waals surface area contributed by atoms with E-state index < -0.39 is 9.84 Å². The molecule has 2 rings (SSSR count). The minimum atomic E-state index is -3.23. The molecule has 0 saturated heterocycles. The van der Waals surface area contributed by atoms with Crippen molar-refractivity contribution in [2.24, 2.45) is 0 Å². The van der Waals surface area contributed by atoms with Crippen molar-refractivity contribution < 1.29 is 22.7 Å². The molecule has 0 heterocycles. The van der Waals surface area contributed by atoms with Gasteiger partial charge in [0.25, 0.3) is 0 Å². The molecule has 0 bridgehead atoms. The highest BCUT2D eigenvalue weighted by molar-refractivity contribution is 7.90. The van der Waals surface area contributed by atoms with Gasteiger partial charge in [-0.05, 0) is 30.7 Å². The molecular formula is C19H23NO5S. The highest BCUT2D eigenvalue weighted by atomic mass is 32.2. The molecule has 140 valence electrons. The smallest absolute Gasteiger partial charge is 0.225 e. The van der Waals surface area contributed by atoms with Gasteiger partial charge in [0.15, 0.2) is 9.84 Å². The summed E-state index contributed by atoms with van der Waals surface area (Å²) in [5.74, 6) is 1.09. The largest absolute Gasteiger partial charge is 0.497 e. The second kappa shape index (κ2) is 8.23. The maximum atomic E-state index is 12.4. The number of amides is 1. The first-order chi connectivity index (χ1) is 12.2. The van der Waals surface area contributed by atoms with E-state index in [0.29, 0.717) is 11.5 Å². The SMILES string of the molecule is COc1ccc(CC(=O)N[C@H](C)c2ccc(S(C)(=O)=O)cc2)c(OC)c1. The Balaban J connectivity index is 2.05. The van der Waals surface area contributed by atoms with Crippen LogP contribution in [0.3, 0.4) is 0 Å². The first-order valence-corrected chi connectivity index (χ1v) is 9.94. The molecule has 0 aromatic heterocycles. The van der Waals surface area contributed by atoms with Gasteiger partial charge < -0.3 is 14.8 Å². The summed E-state index contributed by atoms with van der Waals surface area (Å²) in [5.41, 5.74) is 1.58. The van der Waals surface area contributed by atoms with Gasteiger partial charge in [-0.2, -0.15) is 0 Å². The zero-order chi connectivity index (χ0) is 19.3. The van der Waals surface area contributed by atoms with Crippen molar-refractivity contribution in [2.75, 3.05) is 20.5 Å². The Morgan fingerprint density at radius 1 is 1.08 bits per heavy atom. The normalized spacial score (nSPS) is 12.3. The molecule has 2 aromatic carbocycles. The number of sulfone groups is 1. The standard InChI is InChI=1S/C19H23NO5S/c1-13(14-6-9-17(10-7-14)26(4,22)23)20-19(21)11-15-5-8-16(24-2)12-18(15)25-3/h5-10,12-13H,11H2,1-4H3,(H,20,21)/t13-/m1/s1. The molecule has 26 heavy (non-hydrogen) atoms. The van der Waals surface area contributed by atoms with Gasteiger partial charge in [0.2, 0.25) is 5.91 Å². The molecule has 0 aliphatic heterocycles. The Morgan fingerprint density at radius 2 is 1.73 bits per heavy atom. The van der Waals surface area contributed by atoms with Crippen molar-refractivity contribution in [2.45, 2.75) is 24.3 Å². The average Bonchev–Trinajstić information content (AvgIpc) is 2.61. The third kappa shape index (κ3) is 4.98. The van der Waals surface area contributed by atoms with E-state index in [4.69, 9.17) is 9.47 Å². The Morgan fingerprint density at radius 3 is 2.27 bits per heavy atom. The van der Waals surface area contributed by atoms with Crippen LogP contribution < -0.4 is 14.8 Å². The molecular weight excluding hydrogens is 354 g/mol. The summed E-state index contributed by atoms with van der Waals surface area (Å²) >= 11 is 0. The van der Waals surface area contributed by atoms with Crippen LogP contribution >= 0.6 is 0 Å². The molecule has 1 N–H and O–H groups in total. The minimum Gasteiger partial charge on any atom is -0.497 e. The van der Waals surface area contributed by atoms with Crippen molar-refractivity contribution in [3.8, 4) is 11.5 Å². The van der Waals surface area contributed by atoms with Gasteiger partial charge in [-0.25, -0.2) is 8.42 Å². The van der Waals surface area contributed by atoms with Crippen LogP contribution in [0.15, 0.2) is 47.4 Å². The van der Waals surface area contributed by atoms with E-state index in [2.05, 4.69) is 5.32 Å². The molecule has 2 aromatic rings. The second-order valence-corrected chi connectivity index (χ2v) is 8.00. The van der Waals surface area contributed by atoms with E-state index in [1.165, 1.54) is 0 Å². The fourth-order valence-electron chi connectivity index (χ4n) is 2.55. The molecule has 0 spiro atoms. The highest BCUT2D eigenvalue weighted by Crippen LogP contribution is 2.25. The van der Waals surface area contributed by atoms with Crippen molar-refractivity contribution in [1.29, 1.82) is 0 Å². The Kier molecular flexibility index (Phi) is 6.26. The fraction of sp³-hybridized carbons (Fsp3) is 0.316. The van der Waals surface area contributed by atoms with Crippen molar-refractivity contribution in [1.82, 2.24) is 5.32 Å². The monoisotopic (exact) mass is 377 g/mol. The Labute approximate surface area is 154 Å². The summed E-state index contributed by atoms with van der Waals surface area (Å²) in [7, 11) is -0.123. The zero-order valence-corrected chi connectivity index (χ0v) is 16.1. The minimum absolute atomic E-state index is 0.159. The lowest BCUT2D eigenvalue weighted by Crippen LogP contribution is -2.28. The van der Waals surface area contributed by atoms with Gasteiger partial charge in [0.1, 0.15) is 11.5 Å². The second-order valence-electron chi connectivity index (χ2n) is 5.98. The molecule has 0 radical (unpaired) electrons.